The van der Waals surface area contributed by atoms with Gasteiger partial charge in [-0.2, -0.15) is 5.26 Å². The molecule has 124 valence electrons. The maximum Gasteiger partial charge on any atom is 0.414 e. The minimum Gasteiger partial charge on any atom is -0.454 e. The minimum atomic E-state index is -0.386. The van der Waals surface area contributed by atoms with Gasteiger partial charge in [-0.3, -0.25) is 0 Å². The number of rotatable bonds is 2. The van der Waals surface area contributed by atoms with Crippen LogP contribution in [0.3, 0.4) is 0 Å². The second-order valence-corrected chi connectivity index (χ2v) is 5.72. The van der Waals surface area contributed by atoms with Gasteiger partial charge in [0.1, 0.15) is 0 Å². The average molecular weight is 326 g/mol. The lowest BCUT2D eigenvalue weighted by atomic mass is 9.94. The van der Waals surface area contributed by atoms with Gasteiger partial charge in [-0.15, -0.1) is 0 Å². The van der Waals surface area contributed by atoms with E-state index in [1.807, 2.05) is 18.2 Å². The number of fused-ring (bicyclic) bond motifs is 1. The number of ether oxygens (including phenoxy) is 3. The van der Waals surface area contributed by atoms with E-state index in [0.717, 1.165) is 11.1 Å². The first-order valence-corrected chi connectivity index (χ1v) is 7.73. The number of carbonyl (C=O) groups excluding carboxylic acids is 1. The van der Waals surface area contributed by atoms with Crippen LogP contribution in [0.5, 0.6) is 11.5 Å². The molecular formula is C18H18N2O4. The highest BCUT2D eigenvalue weighted by molar-refractivity contribution is 5.81. The lowest BCUT2D eigenvalue weighted by Gasteiger charge is -2.28. The van der Waals surface area contributed by atoms with E-state index in [-0.39, 0.29) is 12.9 Å². The van der Waals surface area contributed by atoms with Gasteiger partial charge in [-0.25, -0.2) is 4.79 Å². The van der Waals surface area contributed by atoms with Crippen molar-refractivity contribution in [3.63, 3.8) is 0 Å². The number of hydrogen-bond acceptors (Lipinski definition) is 5. The van der Waals surface area contributed by atoms with Crippen molar-refractivity contribution in [2.45, 2.75) is 19.8 Å². The number of nitriles is 1. The molecule has 0 N–H and O–H groups in total. The van der Waals surface area contributed by atoms with Crippen LogP contribution in [0.4, 0.5) is 4.79 Å². The Bertz CT molecular complexity index is 751. The van der Waals surface area contributed by atoms with Crippen molar-refractivity contribution in [2.75, 3.05) is 19.9 Å². The minimum absolute atomic E-state index is 0.205. The predicted molar refractivity (Wildman–Crippen MR) is 87.2 cm³/mol. The molecule has 0 radical (unpaired) electrons. The van der Waals surface area contributed by atoms with E-state index < -0.39 is 0 Å². The van der Waals surface area contributed by atoms with Gasteiger partial charge in [0.15, 0.2) is 11.5 Å². The maximum absolute atomic E-state index is 11.9. The summed E-state index contributed by atoms with van der Waals surface area (Å²) in [6, 6.07) is 7.80. The highest BCUT2D eigenvalue weighted by atomic mass is 16.7. The quantitative estimate of drug-likeness (QED) is 0.615. The van der Waals surface area contributed by atoms with Crippen molar-refractivity contribution in [2.24, 2.45) is 0 Å². The molecule has 6 nitrogen and oxygen atoms in total. The summed E-state index contributed by atoms with van der Waals surface area (Å²) in [5, 5.41) is 9.58. The first kappa shape index (κ1) is 15.9. The molecule has 6 heteroatoms. The maximum atomic E-state index is 11.9. The smallest absolute Gasteiger partial charge is 0.414 e. The number of amides is 1. The van der Waals surface area contributed by atoms with Gasteiger partial charge in [-0.05, 0) is 49.1 Å². The van der Waals surface area contributed by atoms with Crippen molar-refractivity contribution in [3.8, 4) is 17.6 Å². The molecule has 1 amide bonds. The van der Waals surface area contributed by atoms with Crippen LogP contribution < -0.4 is 9.47 Å². The summed E-state index contributed by atoms with van der Waals surface area (Å²) in [6.07, 6.45) is 0.897. The van der Waals surface area contributed by atoms with Crippen molar-refractivity contribution in [1.82, 2.24) is 4.90 Å². The van der Waals surface area contributed by atoms with Crippen LogP contribution in [0.2, 0.25) is 0 Å². The summed E-state index contributed by atoms with van der Waals surface area (Å²) >= 11 is 0. The summed E-state index contributed by atoms with van der Waals surface area (Å²) in [4.78, 5) is 13.5. The molecule has 0 aliphatic carbocycles. The zero-order chi connectivity index (χ0) is 17.1. The van der Waals surface area contributed by atoms with E-state index in [0.29, 0.717) is 48.8 Å². The molecule has 2 heterocycles. The van der Waals surface area contributed by atoms with Crippen LogP contribution in [-0.4, -0.2) is 30.9 Å². The molecule has 0 unspecified atom stereocenters. The Labute approximate surface area is 140 Å². The lowest BCUT2D eigenvalue weighted by molar-refractivity contribution is 0.126. The van der Waals surface area contributed by atoms with Gasteiger partial charge in [0, 0.05) is 13.1 Å². The molecule has 0 spiro atoms. The van der Waals surface area contributed by atoms with Crippen LogP contribution >= 0.6 is 0 Å². The van der Waals surface area contributed by atoms with E-state index in [9.17, 15) is 10.1 Å². The van der Waals surface area contributed by atoms with Crippen LogP contribution in [0.15, 0.2) is 36.1 Å². The molecule has 1 saturated heterocycles. The van der Waals surface area contributed by atoms with Crippen molar-refractivity contribution in [3.05, 3.63) is 41.7 Å². The number of piperidine rings is 1. The Hall–Kier alpha value is -2.94. The Morgan fingerprint density at radius 1 is 1.29 bits per heavy atom. The Morgan fingerprint density at radius 2 is 2.00 bits per heavy atom. The molecule has 3 rings (SSSR count). The van der Waals surface area contributed by atoms with Crippen LogP contribution in [0, 0.1) is 11.3 Å². The molecule has 0 saturated carbocycles. The number of likely N-dealkylation sites (tertiary alicyclic amines) is 1. The zero-order valence-electron chi connectivity index (χ0n) is 13.5. The van der Waals surface area contributed by atoms with Crippen LogP contribution in [-0.2, 0) is 4.74 Å². The fraction of sp³-hybridized carbons (Fsp3) is 0.333. The lowest BCUT2D eigenvalue weighted by Crippen LogP contribution is -2.36. The second kappa shape index (κ2) is 6.67. The number of benzene rings is 1. The average Bonchev–Trinajstić information content (AvgIpc) is 3.03. The van der Waals surface area contributed by atoms with Crippen molar-refractivity contribution < 1.29 is 19.0 Å². The zero-order valence-corrected chi connectivity index (χ0v) is 13.5. The standard InChI is InChI=1S/C18H18N2O4/c1-12(2)24-18(21)20-7-5-13(6-8-20)15(10-19)14-3-4-16-17(9-14)23-11-22-16/h3-4,9H,1,5-8,11H2,2H3. The van der Waals surface area contributed by atoms with Crippen molar-refractivity contribution in [1.29, 1.82) is 5.26 Å². The largest absolute Gasteiger partial charge is 0.454 e. The summed E-state index contributed by atoms with van der Waals surface area (Å²) in [6.45, 7) is 6.47. The van der Waals surface area contributed by atoms with Gasteiger partial charge >= 0.3 is 6.09 Å². The van der Waals surface area contributed by atoms with E-state index in [1.54, 1.807) is 11.8 Å². The Kier molecular flexibility index (Phi) is 4.43. The van der Waals surface area contributed by atoms with E-state index in [4.69, 9.17) is 14.2 Å². The number of nitrogens with zero attached hydrogens (tertiary/aromatic N) is 2. The number of allylic oxidation sites excluding steroid dienone is 2. The molecule has 1 aromatic carbocycles. The third-order valence-electron chi connectivity index (χ3n) is 4.01. The summed E-state index contributed by atoms with van der Waals surface area (Å²) in [5.41, 5.74) is 2.49. The van der Waals surface area contributed by atoms with E-state index in [1.165, 1.54) is 0 Å². The second-order valence-electron chi connectivity index (χ2n) is 5.72. The van der Waals surface area contributed by atoms with E-state index >= 15 is 0 Å². The SMILES string of the molecule is C=C(C)OC(=O)N1CCC(=C(C#N)c2ccc3c(c2)OCO3)CC1. The predicted octanol–water partition coefficient (Wildman–Crippen LogP) is 3.46. The molecule has 1 aromatic rings. The third-order valence-corrected chi connectivity index (χ3v) is 4.01. The van der Waals surface area contributed by atoms with Crippen LogP contribution in [0.1, 0.15) is 25.3 Å². The van der Waals surface area contributed by atoms with Gasteiger partial charge in [-0.1, -0.05) is 6.58 Å². The molecule has 24 heavy (non-hydrogen) atoms. The molecule has 0 atom stereocenters. The Morgan fingerprint density at radius 3 is 2.67 bits per heavy atom. The van der Waals surface area contributed by atoms with Crippen molar-refractivity contribution >= 4 is 11.7 Å². The highest BCUT2D eigenvalue weighted by Gasteiger charge is 2.23. The third kappa shape index (κ3) is 3.20. The number of carbonyl (C=O) groups is 1. The fourth-order valence-electron chi connectivity index (χ4n) is 2.82. The molecule has 2 aliphatic rings. The molecule has 1 fully saturated rings. The molecule has 0 bridgehead atoms. The summed E-state index contributed by atoms with van der Waals surface area (Å²) in [7, 11) is 0. The normalized spacial score (nSPS) is 15.7. The Balaban J connectivity index is 1.76. The first-order valence-electron chi connectivity index (χ1n) is 7.73. The summed E-state index contributed by atoms with van der Waals surface area (Å²) < 4.78 is 15.7. The molecular weight excluding hydrogens is 308 g/mol. The van der Waals surface area contributed by atoms with E-state index in [2.05, 4.69) is 12.6 Å². The number of hydrogen-bond donors (Lipinski definition) is 0. The first-order chi connectivity index (χ1) is 11.6. The van der Waals surface area contributed by atoms with Gasteiger partial charge in [0.05, 0.1) is 17.4 Å². The van der Waals surface area contributed by atoms with Gasteiger partial charge in [0.25, 0.3) is 0 Å². The highest BCUT2D eigenvalue weighted by Crippen LogP contribution is 2.36. The monoisotopic (exact) mass is 326 g/mol. The summed E-state index contributed by atoms with van der Waals surface area (Å²) in [5.74, 6) is 1.72. The molecule has 2 aliphatic heterocycles. The molecule has 0 aromatic heterocycles. The van der Waals surface area contributed by atoms with Gasteiger partial charge in [0.2, 0.25) is 6.79 Å². The topological polar surface area (TPSA) is 71.8 Å². The fourth-order valence-corrected chi connectivity index (χ4v) is 2.82. The van der Waals surface area contributed by atoms with Crippen LogP contribution in [0.25, 0.3) is 5.57 Å². The van der Waals surface area contributed by atoms with Gasteiger partial charge < -0.3 is 19.1 Å².